The molecule has 0 radical (unpaired) electrons. The Balaban J connectivity index is 1.93. The minimum atomic E-state index is -3.97. The zero-order chi connectivity index (χ0) is 20.0. The van der Waals surface area contributed by atoms with Crippen LogP contribution < -0.4 is 14.8 Å². The van der Waals surface area contributed by atoms with E-state index in [4.69, 9.17) is 4.74 Å². The van der Waals surface area contributed by atoms with Gasteiger partial charge in [-0.15, -0.1) is 0 Å². The molecule has 0 unspecified atom stereocenters. The van der Waals surface area contributed by atoms with Gasteiger partial charge in [0.25, 0.3) is 0 Å². The Morgan fingerprint density at radius 3 is 2.67 bits per heavy atom. The number of nitro groups is 1. The third kappa shape index (κ3) is 5.64. The summed E-state index contributed by atoms with van der Waals surface area (Å²) in [7, 11) is -2.71. The fourth-order valence-corrected chi connectivity index (χ4v) is 4.22. The second-order valence-electron chi connectivity index (χ2n) is 6.67. The number of nitrogens with zero attached hydrogens (tertiary/aromatic N) is 1. The molecule has 1 fully saturated rings. The van der Waals surface area contributed by atoms with Crippen LogP contribution in [-0.4, -0.2) is 38.9 Å². The first kappa shape index (κ1) is 21.1. The number of ether oxygens (including phenoxy) is 1. The molecule has 1 aromatic carbocycles. The Morgan fingerprint density at radius 2 is 2.04 bits per heavy atom. The Kier molecular flexibility index (Phi) is 7.14. The van der Waals surface area contributed by atoms with Gasteiger partial charge in [-0.3, -0.25) is 14.9 Å². The summed E-state index contributed by atoms with van der Waals surface area (Å²) in [5, 5.41) is 14.0. The third-order valence-electron chi connectivity index (χ3n) is 4.76. The Bertz CT molecular complexity index is 796. The molecule has 0 saturated heterocycles. The second-order valence-corrected chi connectivity index (χ2v) is 8.44. The molecule has 0 spiro atoms. The number of amides is 1. The van der Waals surface area contributed by atoms with E-state index in [9.17, 15) is 23.3 Å². The van der Waals surface area contributed by atoms with Gasteiger partial charge in [0.1, 0.15) is 0 Å². The molecule has 27 heavy (non-hydrogen) atoms. The lowest BCUT2D eigenvalue weighted by Crippen LogP contribution is -2.42. The van der Waals surface area contributed by atoms with Gasteiger partial charge < -0.3 is 10.1 Å². The van der Waals surface area contributed by atoms with Gasteiger partial charge in [-0.05, 0) is 30.9 Å². The highest BCUT2D eigenvalue weighted by Crippen LogP contribution is 2.29. The van der Waals surface area contributed by atoms with Crippen LogP contribution >= 0.6 is 0 Å². The molecule has 2 rings (SSSR count). The molecule has 150 valence electrons. The van der Waals surface area contributed by atoms with Crippen molar-refractivity contribution >= 4 is 21.6 Å². The molecule has 9 nitrogen and oxygen atoms in total. The van der Waals surface area contributed by atoms with Gasteiger partial charge in [-0.2, -0.15) is 0 Å². The summed E-state index contributed by atoms with van der Waals surface area (Å²) < 4.78 is 31.8. The molecule has 10 heteroatoms. The van der Waals surface area contributed by atoms with Crippen LogP contribution in [0.15, 0.2) is 23.1 Å². The first-order chi connectivity index (χ1) is 12.7. The van der Waals surface area contributed by atoms with Crippen LogP contribution in [0, 0.1) is 16.0 Å². The van der Waals surface area contributed by atoms with E-state index in [1.807, 2.05) is 0 Å². The van der Waals surface area contributed by atoms with Crippen molar-refractivity contribution < 1.29 is 22.9 Å². The molecule has 1 saturated carbocycles. The zero-order valence-corrected chi connectivity index (χ0v) is 16.3. The van der Waals surface area contributed by atoms with E-state index in [0.717, 1.165) is 25.3 Å². The number of hydrogen-bond donors (Lipinski definition) is 2. The average Bonchev–Trinajstić information content (AvgIpc) is 2.62. The molecular formula is C17H25N3O6S. The number of carbonyl (C=O) groups excluding carboxylic acids is 1. The summed E-state index contributed by atoms with van der Waals surface area (Å²) in [6.45, 7) is 2.01. The van der Waals surface area contributed by atoms with Crippen LogP contribution in [-0.2, 0) is 14.8 Å². The highest BCUT2D eigenvalue weighted by atomic mass is 32.2. The van der Waals surface area contributed by atoms with Crippen molar-refractivity contribution in [1.29, 1.82) is 0 Å². The lowest BCUT2D eigenvalue weighted by atomic mass is 9.86. The molecule has 1 amide bonds. The molecule has 1 aliphatic rings. The van der Waals surface area contributed by atoms with E-state index in [2.05, 4.69) is 17.0 Å². The predicted octanol–water partition coefficient (Wildman–Crippen LogP) is 1.97. The smallest absolute Gasteiger partial charge is 0.312 e. The lowest BCUT2D eigenvalue weighted by Gasteiger charge is -2.29. The van der Waals surface area contributed by atoms with Gasteiger partial charge in [0.2, 0.25) is 15.9 Å². The molecule has 0 aromatic heterocycles. The lowest BCUT2D eigenvalue weighted by molar-refractivity contribution is -0.386. The Morgan fingerprint density at radius 1 is 1.33 bits per heavy atom. The van der Waals surface area contributed by atoms with Gasteiger partial charge >= 0.3 is 5.69 Å². The number of hydrogen-bond acceptors (Lipinski definition) is 6. The quantitative estimate of drug-likeness (QED) is 0.508. The number of sulfonamides is 1. The highest BCUT2D eigenvalue weighted by Gasteiger charge is 2.24. The van der Waals surface area contributed by atoms with Crippen molar-refractivity contribution in [3.63, 3.8) is 0 Å². The zero-order valence-electron chi connectivity index (χ0n) is 15.4. The number of nitrogens with one attached hydrogen (secondary N) is 2. The van der Waals surface area contributed by atoms with Crippen molar-refractivity contribution in [3.8, 4) is 5.75 Å². The van der Waals surface area contributed by atoms with E-state index < -0.39 is 20.6 Å². The number of nitro benzene ring substituents is 1. The highest BCUT2D eigenvalue weighted by molar-refractivity contribution is 7.89. The topological polar surface area (TPSA) is 128 Å². The Labute approximate surface area is 158 Å². The van der Waals surface area contributed by atoms with Crippen LogP contribution in [0.5, 0.6) is 5.75 Å². The molecule has 2 atom stereocenters. The van der Waals surface area contributed by atoms with Gasteiger partial charge in [0, 0.05) is 25.1 Å². The minimum Gasteiger partial charge on any atom is -0.490 e. The van der Waals surface area contributed by atoms with Gasteiger partial charge in [0.15, 0.2) is 5.75 Å². The van der Waals surface area contributed by atoms with Crippen LogP contribution in [0.1, 0.15) is 39.0 Å². The number of benzene rings is 1. The molecule has 1 aliphatic carbocycles. The van der Waals surface area contributed by atoms with Crippen molar-refractivity contribution in [2.45, 2.75) is 50.0 Å². The summed E-state index contributed by atoms with van der Waals surface area (Å²) in [6.07, 6.45) is 4.27. The molecular weight excluding hydrogens is 374 g/mol. The first-order valence-electron chi connectivity index (χ1n) is 8.86. The van der Waals surface area contributed by atoms with Crippen LogP contribution in [0.4, 0.5) is 5.69 Å². The van der Waals surface area contributed by atoms with E-state index in [0.29, 0.717) is 5.92 Å². The number of carbonyl (C=O) groups is 1. The molecule has 2 N–H and O–H groups in total. The number of rotatable bonds is 8. The maximum Gasteiger partial charge on any atom is 0.312 e. The normalized spacial score (nSPS) is 20.1. The summed E-state index contributed by atoms with van der Waals surface area (Å²) >= 11 is 0. The van der Waals surface area contributed by atoms with Gasteiger partial charge in [0.05, 0.1) is 16.9 Å². The van der Waals surface area contributed by atoms with Gasteiger partial charge in [-0.1, -0.05) is 19.8 Å². The van der Waals surface area contributed by atoms with Crippen LogP contribution in [0.25, 0.3) is 0 Å². The molecule has 0 aliphatic heterocycles. The van der Waals surface area contributed by atoms with Crippen molar-refractivity contribution in [1.82, 2.24) is 10.0 Å². The SMILES string of the molecule is COc1ccc(S(=O)(=O)NCCC(=O)N[C@H]2CCCC[C@H]2C)cc1[N+](=O)[O-]. The van der Waals surface area contributed by atoms with Crippen molar-refractivity contribution in [3.05, 3.63) is 28.3 Å². The summed E-state index contributed by atoms with van der Waals surface area (Å²) in [5.41, 5.74) is -0.440. The average molecular weight is 399 g/mol. The summed E-state index contributed by atoms with van der Waals surface area (Å²) in [4.78, 5) is 22.1. The van der Waals surface area contributed by atoms with Crippen molar-refractivity contribution in [2.24, 2.45) is 5.92 Å². The second kappa shape index (κ2) is 9.14. The van der Waals surface area contributed by atoms with E-state index >= 15 is 0 Å². The van der Waals surface area contributed by atoms with Gasteiger partial charge in [-0.25, -0.2) is 13.1 Å². The summed E-state index contributed by atoms with van der Waals surface area (Å²) in [5.74, 6) is 0.177. The van der Waals surface area contributed by atoms with Crippen molar-refractivity contribution in [2.75, 3.05) is 13.7 Å². The fourth-order valence-electron chi connectivity index (χ4n) is 3.17. The molecule has 1 aromatic rings. The van der Waals surface area contributed by atoms with Crippen LogP contribution in [0.2, 0.25) is 0 Å². The third-order valence-corrected chi connectivity index (χ3v) is 6.22. The summed E-state index contributed by atoms with van der Waals surface area (Å²) in [6, 6.07) is 3.51. The monoisotopic (exact) mass is 399 g/mol. The largest absolute Gasteiger partial charge is 0.490 e. The standard InChI is InChI=1S/C17H25N3O6S/c1-12-5-3-4-6-14(12)19-17(21)9-10-18-27(24,25)13-7-8-16(26-2)15(11-13)20(22)23/h7-8,11-12,14,18H,3-6,9-10H2,1-2H3,(H,19,21)/t12-,14+/m1/s1. The minimum absolute atomic E-state index is 0.000692. The van der Waals surface area contributed by atoms with E-state index in [1.54, 1.807) is 0 Å². The van der Waals surface area contributed by atoms with Crippen LogP contribution in [0.3, 0.4) is 0 Å². The maximum atomic E-state index is 12.3. The fraction of sp³-hybridized carbons (Fsp3) is 0.588. The van der Waals surface area contributed by atoms with E-state index in [1.165, 1.54) is 25.7 Å². The number of methoxy groups -OCH3 is 1. The van der Waals surface area contributed by atoms with E-state index in [-0.39, 0.29) is 35.6 Å². The Hall–Kier alpha value is -2.20. The predicted molar refractivity (Wildman–Crippen MR) is 99.0 cm³/mol. The first-order valence-corrected chi connectivity index (χ1v) is 10.3. The molecule has 0 bridgehead atoms. The molecule has 0 heterocycles. The maximum absolute atomic E-state index is 12.3.